The summed E-state index contributed by atoms with van der Waals surface area (Å²) in [6, 6.07) is 15.1. The minimum Gasteiger partial charge on any atom is -0.368 e. The van der Waals surface area contributed by atoms with E-state index in [9.17, 15) is 18.0 Å². The van der Waals surface area contributed by atoms with Crippen LogP contribution in [-0.4, -0.2) is 48.1 Å². The Kier molecular flexibility index (Phi) is 6.77. The van der Waals surface area contributed by atoms with Crippen molar-refractivity contribution in [3.63, 3.8) is 0 Å². The van der Waals surface area contributed by atoms with Crippen molar-refractivity contribution in [1.82, 2.24) is 29.6 Å². The molecule has 0 saturated heterocycles. The van der Waals surface area contributed by atoms with Gasteiger partial charge in [0.15, 0.2) is 0 Å². The number of hydrogen-bond donors (Lipinski definition) is 1. The lowest BCUT2D eigenvalue weighted by Gasteiger charge is -2.29. The Hall–Kier alpha value is -4.02. The smallest absolute Gasteiger partial charge is 0.368 e. The number of carbonyl (C=O) groups excluding carboxylic acids is 1. The number of nitrogens with two attached hydrogens (primary N) is 1. The third kappa shape index (κ3) is 5.40. The van der Waals surface area contributed by atoms with Crippen molar-refractivity contribution in [2.24, 2.45) is 0 Å². The second kappa shape index (κ2) is 10.2. The predicted molar refractivity (Wildman–Crippen MR) is 132 cm³/mol. The van der Waals surface area contributed by atoms with Gasteiger partial charge in [0.2, 0.25) is 23.5 Å². The molecular formula is C26H26F3N7O. The van der Waals surface area contributed by atoms with E-state index in [2.05, 4.69) is 20.1 Å². The summed E-state index contributed by atoms with van der Waals surface area (Å²) < 4.78 is 42.3. The second-order valence-corrected chi connectivity index (χ2v) is 9.12. The number of hydrogen-bond acceptors (Lipinski definition) is 6. The highest BCUT2D eigenvalue weighted by atomic mass is 19.4. The van der Waals surface area contributed by atoms with Gasteiger partial charge in [-0.15, -0.1) is 5.10 Å². The molecule has 0 aliphatic heterocycles. The zero-order valence-corrected chi connectivity index (χ0v) is 20.0. The highest BCUT2D eigenvalue weighted by Crippen LogP contribution is 2.30. The minimum atomic E-state index is -4.73. The lowest BCUT2D eigenvalue weighted by molar-refractivity contribution is -0.148. The molecule has 1 saturated carbocycles. The Morgan fingerprint density at radius 2 is 1.81 bits per heavy atom. The first-order valence-electron chi connectivity index (χ1n) is 12.2. The number of benzene rings is 2. The van der Waals surface area contributed by atoms with Gasteiger partial charge in [0.1, 0.15) is 5.69 Å². The Balaban J connectivity index is 1.40. The van der Waals surface area contributed by atoms with Crippen molar-refractivity contribution in [3.8, 4) is 11.5 Å². The van der Waals surface area contributed by atoms with E-state index < -0.39 is 12.0 Å². The lowest BCUT2D eigenvalue weighted by atomic mass is 10.0. The molecule has 5 rings (SSSR count). The second-order valence-electron chi connectivity index (χ2n) is 9.12. The maximum absolute atomic E-state index is 13.8. The molecule has 4 aromatic rings. The van der Waals surface area contributed by atoms with Gasteiger partial charge in [-0.25, -0.2) is 19.6 Å². The SMILES string of the molecule is Nc1nccc(-c2nc(C(F)(F)F)n(CCN(C(=O)Cc3cccc4ccccc34)C3CCCC3)n2)n1. The molecule has 0 spiro atoms. The average molecular weight is 510 g/mol. The van der Waals surface area contributed by atoms with Crippen molar-refractivity contribution in [2.75, 3.05) is 12.3 Å². The minimum absolute atomic E-state index is 0.0125. The van der Waals surface area contributed by atoms with Crippen molar-refractivity contribution in [2.45, 2.75) is 50.9 Å². The molecule has 0 unspecified atom stereocenters. The van der Waals surface area contributed by atoms with E-state index in [1.165, 1.54) is 12.3 Å². The Labute approximate surface area is 211 Å². The van der Waals surface area contributed by atoms with Crippen LogP contribution in [0.2, 0.25) is 0 Å². The van der Waals surface area contributed by atoms with Crippen LogP contribution < -0.4 is 5.73 Å². The highest BCUT2D eigenvalue weighted by molar-refractivity contribution is 5.90. The summed E-state index contributed by atoms with van der Waals surface area (Å²) >= 11 is 0. The molecule has 0 atom stereocenters. The zero-order chi connectivity index (χ0) is 26.0. The van der Waals surface area contributed by atoms with Gasteiger partial charge >= 0.3 is 6.18 Å². The fourth-order valence-corrected chi connectivity index (χ4v) is 4.95. The van der Waals surface area contributed by atoms with Gasteiger partial charge in [0.25, 0.3) is 0 Å². The molecule has 8 nitrogen and oxygen atoms in total. The highest BCUT2D eigenvalue weighted by Gasteiger charge is 2.39. The monoisotopic (exact) mass is 509 g/mol. The summed E-state index contributed by atoms with van der Waals surface area (Å²) in [5.41, 5.74) is 6.56. The van der Waals surface area contributed by atoms with Gasteiger partial charge in [-0.3, -0.25) is 4.79 Å². The molecule has 1 amide bonds. The number of fused-ring (bicyclic) bond motifs is 1. The van der Waals surface area contributed by atoms with Crippen molar-refractivity contribution >= 4 is 22.6 Å². The van der Waals surface area contributed by atoms with Crippen LogP contribution in [0.5, 0.6) is 0 Å². The first kappa shape index (κ1) is 24.7. The van der Waals surface area contributed by atoms with Crippen LogP contribution >= 0.6 is 0 Å². The maximum atomic E-state index is 13.8. The fraction of sp³-hybridized carbons (Fsp3) is 0.346. The van der Waals surface area contributed by atoms with Crippen LogP contribution in [0.25, 0.3) is 22.3 Å². The van der Waals surface area contributed by atoms with Crippen molar-refractivity contribution < 1.29 is 18.0 Å². The van der Waals surface area contributed by atoms with E-state index in [1.54, 1.807) is 4.90 Å². The van der Waals surface area contributed by atoms with Crippen LogP contribution in [0.1, 0.15) is 37.1 Å². The number of nitrogen functional groups attached to an aromatic ring is 1. The van der Waals surface area contributed by atoms with Crippen molar-refractivity contribution in [1.29, 1.82) is 0 Å². The first-order chi connectivity index (χ1) is 17.8. The third-order valence-corrected chi connectivity index (χ3v) is 6.69. The molecule has 2 N–H and O–H groups in total. The lowest BCUT2D eigenvalue weighted by Crippen LogP contribution is -2.42. The molecular weight excluding hydrogens is 483 g/mol. The Bertz CT molecular complexity index is 1410. The van der Waals surface area contributed by atoms with E-state index in [-0.39, 0.29) is 48.9 Å². The molecule has 0 bridgehead atoms. The third-order valence-electron chi connectivity index (χ3n) is 6.69. The Morgan fingerprint density at radius 1 is 1.05 bits per heavy atom. The van der Waals surface area contributed by atoms with E-state index >= 15 is 0 Å². The predicted octanol–water partition coefficient (Wildman–Crippen LogP) is 4.50. The Morgan fingerprint density at radius 3 is 2.57 bits per heavy atom. The van der Waals surface area contributed by atoms with E-state index in [0.29, 0.717) is 0 Å². The van der Waals surface area contributed by atoms with Crippen LogP contribution in [0.3, 0.4) is 0 Å². The standard InChI is InChI=1S/C26H26F3N7O/c27-26(28,29)24-33-23(21-12-13-31-25(30)32-21)34-36(24)15-14-35(19-9-2-3-10-19)22(37)16-18-8-5-7-17-6-1-4-11-20(17)18/h1,4-8,11-13,19H,2-3,9-10,14-16H2,(H2,30,31,32). The van der Waals surface area contributed by atoms with Gasteiger partial charge < -0.3 is 10.6 Å². The summed E-state index contributed by atoms with van der Waals surface area (Å²) in [4.78, 5) is 26.6. The van der Waals surface area contributed by atoms with E-state index in [1.807, 2.05) is 42.5 Å². The number of halogens is 3. The topological polar surface area (TPSA) is 103 Å². The number of amides is 1. The molecule has 1 aliphatic carbocycles. The van der Waals surface area contributed by atoms with Gasteiger partial charge in [-0.05, 0) is 35.2 Å². The molecule has 1 fully saturated rings. The van der Waals surface area contributed by atoms with E-state index in [4.69, 9.17) is 5.73 Å². The molecule has 11 heteroatoms. The number of carbonyl (C=O) groups is 1. The maximum Gasteiger partial charge on any atom is 0.451 e. The number of rotatable bonds is 7. The van der Waals surface area contributed by atoms with Crippen LogP contribution in [0.15, 0.2) is 54.7 Å². The molecule has 192 valence electrons. The van der Waals surface area contributed by atoms with Gasteiger partial charge in [0.05, 0.1) is 13.0 Å². The van der Waals surface area contributed by atoms with Gasteiger partial charge in [-0.1, -0.05) is 55.3 Å². The average Bonchev–Trinajstić information content (AvgIpc) is 3.55. The number of alkyl halides is 3. The normalized spacial score (nSPS) is 14.4. The van der Waals surface area contributed by atoms with Crippen LogP contribution in [0, 0.1) is 0 Å². The molecule has 37 heavy (non-hydrogen) atoms. The molecule has 2 aromatic heterocycles. The summed E-state index contributed by atoms with van der Waals surface area (Å²) in [7, 11) is 0. The summed E-state index contributed by atoms with van der Waals surface area (Å²) in [6.45, 7) is -0.0632. The quantitative estimate of drug-likeness (QED) is 0.394. The molecule has 0 radical (unpaired) electrons. The van der Waals surface area contributed by atoms with Gasteiger partial charge in [0, 0.05) is 18.8 Å². The summed E-state index contributed by atoms with van der Waals surface area (Å²) in [5, 5.41) is 6.10. The summed E-state index contributed by atoms with van der Waals surface area (Å²) in [6.07, 6.45) is 0.409. The number of anilines is 1. The van der Waals surface area contributed by atoms with Crippen LogP contribution in [-0.2, 0) is 23.9 Å². The molecule has 2 heterocycles. The van der Waals surface area contributed by atoms with Gasteiger partial charge in [-0.2, -0.15) is 13.2 Å². The zero-order valence-electron chi connectivity index (χ0n) is 20.0. The summed E-state index contributed by atoms with van der Waals surface area (Å²) in [5.74, 6) is -1.54. The molecule has 1 aliphatic rings. The number of aromatic nitrogens is 5. The largest absolute Gasteiger partial charge is 0.451 e. The molecule has 2 aromatic carbocycles. The number of nitrogens with zero attached hydrogens (tertiary/aromatic N) is 6. The van der Waals surface area contributed by atoms with Crippen molar-refractivity contribution in [3.05, 3.63) is 66.1 Å². The first-order valence-corrected chi connectivity index (χ1v) is 12.2. The van der Waals surface area contributed by atoms with Crippen LogP contribution in [0.4, 0.5) is 19.1 Å². The fourth-order valence-electron chi connectivity index (χ4n) is 4.95. The van der Waals surface area contributed by atoms with E-state index in [0.717, 1.165) is 46.7 Å².